The van der Waals surface area contributed by atoms with Crippen molar-refractivity contribution in [1.82, 2.24) is 0 Å². The maximum absolute atomic E-state index is 10.9. The van der Waals surface area contributed by atoms with Gasteiger partial charge in [-0.25, -0.2) is 4.79 Å². The monoisotopic (exact) mass is 218 g/mol. The third kappa shape index (κ3) is 5.76. The van der Waals surface area contributed by atoms with E-state index in [1.54, 1.807) is 0 Å². The molecule has 0 spiro atoms. The number of carbonyl (C=O) groups is 3. The summed E-state index contributed by atoms with van der Waals surface area (Å²) in [7, 11) is 0. The van der Waals surface area contributed by atoms with Crippen LogP contribution in [0.2, 0.25) is 0 Å². The van der Waals surface area contributed by atoms with Gasteiger partial charge in [0.05, 0.1) is 0 Å². The van der Waals surface area contributed by atoms with Crippen LogP contribution >= 0.6 is 0 Å². The molecule has 0 amide bonds. The Morgan fingerprint density at radius 1 is 1.33 bits per heavy atom. The number of carboxylic acid groups (broad SMARTS) is 1. The lowest BCUT2D eigenvalue weighted by Crippen LogP contribution is -2.33. The van der Waals surface area contributed by atoms with Crippen LogP contribution in [-0.2, 0) is 19.1 Å². The van der Waals surface area contributed by atoms with E-state index in [4.69, 9.17) is 16.6 Å². The first kappa shape index (κ1) is 13.5. The van der Waals surface area contributed by atoms with Crippen molar-refractivity contribution in [3.8, 4) is 0 Å². The molecule has 7 nitrogen and oxygen atoms in total. The average molecular weight is 218 g/mol. The Morgan fingerprint density at radius 2 is 1.87 bits per heavy atom. The van der Waals surface area contributed by atoms with Crippen LogP contribution in [-0.4, -0.2) is 35.1 Å². The van der Waals surface area contributed by atoms with Gasteiger partial charge in [-0.15, -0.1) is 0 Å². The van der Waals surface area contributed by atoms with Crippen molar-refractivity contribution in [1.29, 1.82) is 0 Å². The second kappa shape index (κ2) is 6.10. The molecule has 0 aliphatic rings. The van der Waals surface area contributed by atoms with Gasteiger partial charge in [-0.05, 0) is 13.3 Å². The third-order valence-electron chi connectivity index (χ3n) is 1.56. The van der Waals surface area contributed by atoms with Gasteiger partial charge in [0.25, 0.3) is 0 Å². The quantitative estimate of drug-likeness (QED) is 0.381. The summed E-state index contributed by atoms with van der Waals surface area (Å²) in [6.45, 7) is 1.37. The molecule has 0 saturated carbocycles. The van der Waals surface area contributed by atoms with E-state index >= 15 is 0 Å². The lowest BCUT2D eigenvalue weighted by atomic mass is 10.2. The molecule has 15 heavy (non-hydrogen) atoms. The number of hydrogen-bond donors (Lipinski definition) is 3. The predicted octanol–water partition coefficient (Wildman–Crippen LogP) is -1.40. The highest BCUT2D eigenvalue weighted by atomic mass is 16.6. The first-order chi connectivity index (χ1) is 6.84. The summed E-state index contributed by atoms with van der Waals surface area (Å²) in [6, 6.07) is -2.02. The number of nitrogens with two attached hydrogens (primary N) is 2. The standard InChI is InChI=1S/C8H14N2O5/c1-4(9)8(14)15-6(11)3-2-5(10)7(12)13/h4-5H,2-3,9-10H2,1H3,(H,12,13)/t4-,5-/m0/s1. The van der Waals surface area contributed by atoms with Gasteiger partial charge in [-0.1, -0.05) is 0 Å². The number of carboxylic acids is 1. The Labute approximate surface area is 86.4 Å². The number of carbonyl (C=O) groups excluding carboxylic acids is 2. The molecule has 0 rings (SSSR count). The second-order valence-electron chi connectivity index (χ2n) is 3.07. The summed E-state index contributed by atoms with van der Waals surface area (Å²) < 4.78 is 4.29. The zero-order valence-electron chi connectivity index (χ0n) is 8.30. The van der Waals surface area contributed by atoms with Crippen molar-refractivity contribution in [3.05, 3.63) is 0 Å². The van der Waals surface area contributed by atoms with E-state index in [2.05, 4.69) is 4.74 Å². The van der Waals surface area contributed by atoms with E-state index in [1.807, 2.05) is 0 Å². The summed E-state index contributed by atoms with van der Waals surface area (Å²) in [5.41, 5.74) is 10.3. The number of esters is 2. The van der Waals surface area contributed by atoms with E-state index in [-0.39, 0.29) is 12.8 Å². The van der Waals surface area contributed by atoms with Crippen LogP contribution < -0.4 is 11.5 Å². The van der Waals surface area contributed by atoms with Crippen molar-refractivity contribution in [2.45, 2.75) is 31.8 Å². The fraction of sp³-hybridized carbons (Fsp3) is 0.625. The SMILES string of the molecule is C[C@H](N)C(=O)OC(=O)CC[C@H](N)C(=O)O. The number of hydrogen-bond acceptors (Lipinski definition) is 6. The van der Waals surface area contributed by atoms with Crippen LogP contribution in [0.1, 0.15) is 19.8 Å². The Bertz CT molecular complexity index is 264. The maximum atomic E-state index is 10.9. The van der Waals surface area contributed by atoms with Gasteiger partial charge in [-0.3, -0.25) is 9.59 Å². The lowest BCUT2D eigenvalue weighted by molar-refractivity contribution is -0.160. The van der Waals surface area contributed by atoms with Crippen LogP contribution in [0, 0.1) is 0 Å². The van der Waals surface area contributed by atoms with Gasteiger partial charge < -0.3 is 21.3 Å². The summed E-state index contributed by atoms with van der Waals surface area (Å²) in [6.07, 6.45) is -0.313. The van der Waals surface area contributed by atoms with Crippen molar-refractivity contribution in [3.63, 3.8) is 0 Å². The summed E-state index contributed by atoms with van der Waals surface area (Å²) in [4.78, 5) is 32.0. The van der Waals surface area contributed by atoms with E-state index in [0.29, 0.717) is 0 Å². The molecule has 0 aromatic rings. The molecule has 86 valence electrons. The molecule has 5 N–H and O–H groups in total. The predicted molar refractivity (Wildman–Crippen MR) is 49.6 cm³/mol. The topological polar surface area (TPSA) is 133 Å². The minimum Gasteiger partial charge on any atom is -0.480 e. The molecule has 0 aromatic heterocycles. The minimum absolute atomic E-state index is 0.0829. The van der Waals surface area contributed by atoms with Gasteiger partial charge in [0.2, 0.25) is 0 Å². The van der Waals surface area contributed by atoms with Crippen LogP contribution in [0.3, 0.4) is 0 Å². The molecular weight excluding hydrogens is 204 g/mol. The maximum Gasteiger partial charge on any atom is 0.330 e. The van der Waals surface area contributed by atoms with Crippen LogP contribution in [0.25, 0.3) is 0 Å². The minimum atomic E-state index is -1.21. The van der Waals surface area contributed by atoms with E-state index in [9.17, 15) is 14.4 Å². The first-order valence-electron chi connectivity index (χ1n) is 4.33. The Balaban J connectivity index is 3.86. The van der Waals surface area contributed by atoms with Crippen LogP contribution in [0.15, 0.2) is 0 Å². The number of aliphatic carboxylic acids is 1. The Hall–Kier alpha value is -1.47. The Morgan fingerprint density at radius 3 is 2.27 bits per heavy atom. The molecule has 2 atom stereocenters. The van der Waals surface area contributed by atoms with Gasteiger partial charge in [-0.2, -0.15) is 0 Å². The molecule has 0 radical (unpaired) electrons. The zero-order chi connectivity index (χ0) is 12.0. The highest BCUT2D eigenvalue weighted by Crippen LogP contribution is 1.98. The summed E-state index contributed by atoms with van der Waals surface area (Å²) in [5.74, 6) is -2.88. The molecule has 7 heteroatoms. The molecule has 0 fully saturated rings. The highest BCUT2D eigenvalue weighted by molar-refractivity contribution is 5.88. The molecule has 0 aliphatic heterocycles. The number of rotatable bonds is 5. The molecule has 0 heterocycles. The molecule has 0 bridgehead atoms. The molecule has 0 unspecified atom stereocenters. The van der Waals surface area contributed by atoms with E-state index in [1.165, 1.54) is 6.92 Å². The van der Waals surface area contributed by atoms with Crippen molar-refractivity contribution < 1.29 is 24.2 Å². The molecule has 0 aliphatic carbocycles. The van der Waals surface area contributed by atoms with Gasteiger partial charge in [0.15, 0.2) is 0 Å². The van der Waals surface area contributed by atoms with Gasteiger partial charge in [0.1, 0.15) is 12.1 Å². The largest absolute Gasteiger partial charge is 0.480 e. The Kier molecular flexibility index (Phi) is 5.50. The molecule has 0 saturated heterocycles. The number of ether oxygens (including phenoxy) is 1. The van der Waals surface area contributed by atoms with Crippen molar-refractivity contribution >= 4 is 17.9 Å². The van der Waals surface area contributed by atoms with Crippen LogP contribution in [0.5, 0.6) is 0 Å². The summed E-state index contributed by atoms with van der Waals surface area (Å²) >= 11 is 0. The molecule has 0 aromatic carbocycles. The van der Waals surface area contributed by atoms with Crippen LogP contribution in [0.4, 0.5) is 0 Å². The average Bonchev–Trinajstić information content (AvgIpc) is 2.13. The summed E-state index contributed by atoms with van der Waals surface area (Å²) in [5, 5.41) is 8.40. The smallest absolute Gasteiger partial charge is 0.330 e. The highest BCUT2D eigenvalue weighted by Gasteiger charge is 2.17. The fourth-order valence-corrected chi connectivity index (χ4v) is 0.653. The van der Waals surface area contributed by atoms with Gasteiger partial charge in [0, 0.05) is 6.42 Å². The lowest BCUT2D eigenvalue weighted by Gasteiger charge is -2.07. The third-order valence-corrected chi connectivity index (χ3v) is 1.56. The van der Waals surface area contributed by atoms with Gasteiger partial charge >= 0.3 is 17.9 Å². The fourth-order valence-electron chi connectivity index (χ4n) is 0.653. The zero-order valence-corrected chi connectivity index (χ0v) is 8.30. The second-order valence-corrected chi connectivity index (χ2v) is 3.07. The molecular formula is C8H14N2O5. The van der Waals surface area contributed by atoms with E-state index in [0.717, 1.165) is 0 Å². The normalized spacial score (nSPS) is 14.1. The van der Waals surface area contributed by atoms with Crippen molar-refractivity contribution in [2.24, 2.45) is 11.5 Å². The first-order valence-corrected chi connectivity index (χ1v) is 4.33. The van der Waals surface area contributed by atoms with Crippen molar-refractivity contribution in [2.75, 3.05) is 0 Å². The van der Waals surface area contributed by atoms with E-state index < -0.39 is 30.0 Å².